The SMILES string of the molecule is Cc1ccc(N(C)Cc2cccc(Cl)c2)cc1N. The van der Waals surface area contributed by atoms with Gasteiger partial charge in [-0.25, -0.2) is 0 Å². The molecule has 3 heteroatoms. The first-order chi connectivity index (χ1) is 8.56. The van der Waals surface area contributed by atoms with Crippen molar-refractivity contribution in [2.45, 2.75) is 13.5 Å². The number of hydrogen-bond acceptors (Lipinski definition) is 2. The van der Waals surface area contributed by atoms with Crippen LogP contribution >= 0.6 is 11.6 Å². The van der Waals surface area contributed by atoms with E-state index in [1.165, 1.54) is 5.56 Å². The summed E-state index contributed by atoms with van der Waals surface area (Å²) in [5, 5.41) is 0.768. The van der Waals surface area contributed by atoms with Gasteiger partial charge in [0.15, 0.2) is 0 Å². The summed E-state index contributed by atoms with van der Waals surface area (Å²) in [4.78, 5) is 2.15. The Labute approximate surface area is 113 Å². The highest BCUT2D eigenvalue weighted by Crippen LogP contribution is 2.22. The van der Waals surface area contributed by atoms with E-state index in [4.69, 9.17) is 17.3 Å². The van der Waals surface area contributed by atoms with Crippen molar-refractivity contribution in [3.63, 3.8) is 0 Å². The largest absolute Gasteiger partial charge is 0.398 e. The third-order valence-electron chi connectivity index (χ3n) is 3.01. The topological polar surface area (TPSA) is 29.3 Å². The molecule has 0 bridgehead atoms. The average Bonchev–Trinajstić information content (AvgIpc) is 2.32. The van der Waals surface area contributed by atoms with E-state index in [0.717, 1.165) is 28.5 Å². The molecule has 0 radical (unpaired) electrons. The molecular formula is C15H17ClN2. The minimum absolute atomic E-state index is 0.768. The molecule has 0 heterocycles. The number of nitrogens with two attached hydrogens (primary N) is 1. The summed E-state index contributed by atoms with van der Waals surface area (Å²) in [7, 11) is 2.05. The number of nitrogens with zero attached hydrogens (tertiary/aromatic N) is 1. The predicted molar refractivity (Wildman–Crippen MR) is 79.2 cm³/mol. The number of benzene rings is 2. The average molecular weight is 261 g/mol. The molecule has 2 nitrogen and oxygen atoms in total. The van der Waals surface area contributed by atoms with Gasteiger partial charge in [0.25, 0.3) is 0 Å². The molecular weight excluding hydrogens is 244 g/mol. The van der Waals surface area contributed by atoms with Gasteiger partial charge in [-0.1, -0.05) is 29.8 Å². The summed E-state index contributed by atoms with van der Waals surface area (Å²) in [5.41, 5.74) is 10.2. The Morgan fingerprint density at radius 1 is 1.17 bits per heavy atom. The molecule has 18 heavy (non-hydrogen) atoms. The molecule has 2 rings (SSSR count). The standard InChI is InChI=1S/C15H17ClN2/c1-11-6-7-14(9-15(11)17)18(2)10-12-4-3-5-13(16)8-12/h3-9H,10,17H2,1-2H3. The van der Waals surface area contributed by atoms with Gasteiger partial charge in [0.05, 0.1) is 0 Å². The van der Waals surface area contributed by atoms with E-state index in [9.17, 15) is 0 Å². The van der Waals surface area contributed by atoms with Crippen LogP contribution < -0.4 is 10.6 Å². The molecule has 2 aromatic rings. The summed E-state index contributed by atoms with van der Waals surface area (Å²) < 4.78 is 0. The minimum atomic E-state index is 0.768. The van der Waals surface area contributed by atoms with E-state index in [2.05, 4.69) is 17.0 Å². The second kappa shape index (κ2) is 5.32. The van der Waals surface area contributed by atoms with E-state index < -0.39 is 0 Å². The Hall–Kier alpha value is -1.67. The first kappa shape index (κ1) is 12.8. The number of anilines is 2. The Balaban J connectivity index is 2.16. The molecule has 2 N–H and O–H groups in total. The van der Waals surface area contributed by atoms with Crippen molar-refractivity contribution in [3.8, 4) is 0 Å². The van der Waals surface area contributed by atoms with Crippen LogP contribution in [-0.2, 0) is 6.54 Å². The predicted octanol–water partition coefficient (Wildman–Crippen LogP) is 3.87. The van der Waals surface area contributed by atoms with E-state index in [1.54, 1.807) is 0 Å². The zero-order valence-corrected chi connectivity index (χ0v) is 11.4. The monoisotopic (exact) mass is 260 g/mol. The van der Waals surface area contributed by atoms with E-state index in [1.807, 2.05) is 44.3 Å². The zero-order valence-electron chi connectivity index (χ0n) is 10.7. The fourth-order valence-corrected chi connectivity index (χ4v) is 2.08. The maximum atomic E-state index is 5.98. The maximum absolute atomic E-state index is 5.98. The van der Waals surface area contributed by atoms with Crippen molar-refractivity contribution in [2.75, 3.05) is 17.7 Å². The molecule has 0 spiro atoms. The quantitative estimate of drug-likeness (QED) is 0.849. The van der Waals surface area contributed by atoms with Gasteiger partial charge < -0.3 is 10.6 Å². The van der Waals surface area contributed by atoms with Gasteiger partial charge in [0, 0.05) is 30.0 Å². The summed E-state index contributed by atoms with van der Waals surface area (Å²) in [6, 6.07) is 14.0. The van der Waals surface area contributed by atoms with Crippen molar-refractivity contribution < 1.29 is 0 Å². The molecule has 0 amide bonds. The van der Waals surface area contributed by atoms with Gasteiger partial charge in [-0.05, 0) is 42.3 Å². The summed E-state index contributed by atoms with van der Waals surface area (Å²) in [5.74, 6) is 0. The lowest BCUT2D eigenvalue weighted by Crippen LogP contribution is -2.16. The molecule has 0 saturated carbocycles. The molecule has 0 unspecified atom stereocenters. The second-order valence-electron chi connectivity index (χ2n) is 4.53. The fourth-order valence-electron chi connectivity index (χ4n) is 1.87. The Bertz CT molecular complexity index is 552. The number of aryl methyl sites for hydroxylation is 1. The maximum Gasteiger partial charge on any atom is 0.0426 e. The molecule has 94 valence electrons. The van der Waals surface area contributed by atoms with Gasteiger partial charge in [0.1, 0.15) is 0 Å². The highest BCUT2D eigenvalue weighted by atomic mass is 35.5. The molecule has 0 aliphatic heterocycles. The van der Waals surface area contributed by atoms with E-state index in [0.29, 0.717) is 0 Å². The number of rotatable bonds is 3. The van der Waals surface area contributed by atoms with Crippen LogP contribution in [0.3, 0.4) is 0 Å². The van der Waals surface area contributed by atoms with Gasteiger partial charge >= 0.3 is 0 Å². The van der Waals surface area contributed by atoms with Crippen LogP contribution in [0, 0.1) is 6.92 Å². The molecule has 0 atom stereocenters. The van der Waals surface area contributed by atoms with Crippen molar-refractivity contribution in [1.82, 2.24) is 0 Å². The minimum Gasteiger partial charge on any atom is -0.398 e. The van der Waals surface area contributed by atoms with Crippen molar-refractivity contribution >= 4 is 23.0 Å². The second-order valence-corrected chi connectivity index (χ2v) is 4.96. The smallest absolute Gasteiger partial charge is 0.0426 e. The van der Waals surface area contributed by atoms with Crippen LogP contribution in [0.1, 0.15) is 11.1 Å². The van der Waals surface area contributed by atoms with E-state index in [-0.39, 0.29) is 0 Å². The first-order valence-corrected chi connectivity index (χ1v) is 6.26. The Morgan fingerprint density at radius 2 is 1.94 bits per heavy atom. The van der Waals surface area contributed by atoms with Crippen molar-refractivity contribution in [3.05, 3.63) is 58.6 Å². The van der Waals surface area contributed by atoms with Crippen molar-refractivity contribution in [2.24, 2.45) is 0 Å². The molecule has 2 aromatic carbocycles. The molecule has 0 fully saturated rings. The highest BCUT2D eigenvalue weighted by molar-refractivity contribution is 6.30. The normalized spacial score (nSPS) is 10.4. The lowest BCUT2D eigenvalue weighted by molar-refractivity contribution is 0.923. The Morgan fingerprint density at radius 3 is 2.61 bits per heavy atom. The van der Waals surface area contributed by atoms with Crippen LogP contribution in [0.2, 0.25) is 5.02 Å². The molecule has 0 aliphatic rings. The van der Waals surface area contributed by atoms with Gasteiger partial charge in [0.2, 0.25) is 0 Å². The summed E-state index contributed by atoms with van der Waals surface area (Å²) >= 11 is 5.98. The molecule has 0 saturated heterocycles. The molecule has 0 aliphatic carbocycles. The summed E-state index contributed by atoms with van der Waals surface area (Å²) in [6.07, 6.45) is 0. The van der Waals surface area contributed by atoms with Gasteiger partial charge in [-0.2, -0.15) is 0 Å². The van der Waals surface area contributed by atoms with Crippen molar-refractivity contribution in [1.29, 1.82) is 0 Å². The van der Waals surface area contributed by atoms with Crippen LogP contribution in [0.15, 0.2) is 42.5 Å². The van der Waals surface area contributed by atoms with Crippen LogP contribution in [-0.4, -0.2) is 7.05 Å². The molecule has 0 aromatic heterocycles. The zero-order chi connectivity index (χ0) is 13.1. The number of halogens is 1. The third kappa shape index (κ3) is 2.96. The lowest BCUT2D eigenvalue weighted by atomic mass is 10.1. The fraction of sp³-hybridized carbons (Fsp3) is 0.200. The van der Waals surface area contributed by atoms with Crippen LogP contribution in [0.5, 0.6) is 0 Å². The summed E-state index contributed by atoms with van der Waals surface area (Å²) in [6.45, 7) is 2.82. The lowest BCUT2D eigenvalue weighted by Gasteiger charge is -2.20. The van der Waals surface area contributed by atoms with E-state index >= 15 is 0 Å². The first-order valence-electron chi connectivity index (χ1n) is 5.88. The van der Waals surface area contributed by atoms with Gasteiger partial charge in [-0.15, -0.1) is 0 Å². The third-order valence-corrected chi connectivity index (χ3v) is 3.25. The number of hydrogen-bond donors (Lipinski definition) is 1. The highest BCUT2D eigenvalue weighted by Gasteiger charge is 2.04. The van der Waals surface area contributed by atoms with Gasteiger partial charge in [-0.3, -0.25) is 0 Å². The Kier molecular flexibility index (Phi) is 3.78. The van der Waals surface area contributed by atoms with Crippen LogP contribution in [0.25, 0.3) is 0 Å². The van der Waals surface area contributed by atoms with Crippen LogP contribution in [0.4, 0.5) is 11.4 Å². The number of nitrogen functional groups attached to an aromatic ring is 1.